The quantitative estimate of drug-likeness (QED) is 0.893. The average Bonchev–Trinajstić information content (AvgIpc) is 2.40. The Morgan fingerprint density at radius 3 is 2.33 bits per heavy atom. The molecule has 0 unspecified atom stereocenters. The smallest absolute Gasteiger partial charge is 0.253 e. The fourth-order valence-electron chi connectivity index (χ4n) is 2.09. The number of amides is 1. The second-order valence-electron chi connectivity index (χ2n) is 4.36. The fraction of sp³-hybridized carbons (Fsp3) is 0.462. The highest BCUT2D eigenvalue weighted by Crippen LogP contribution is 2.13. The van der Waals surface area contributed by atoms with Gasteiger partial charge in [0.1, 0.15) is 0 Å². The Kier molecular flexibility index (Phi) is 4.58. The van der Waals surface area contributed by atoms with Crippen molar-refractivity contribution in [1.29, 1.82) is 0 Å². The van der Waals surface area contributed by atoms with Crippen LogP contribution >= 0.6 is 11.6 Å². The highest BCUT2D eigenvalue weighted by atomic mass is 35.5. The number of hydrogen-bond acceptors (Lipinski definition) is 3. The molecular formula is C13H17ClN2O2. The number of piperazine rings is 1. The molecule has 0 radical (unpaired) electrons. The first-order valence-corrected chi connectivity index (χ1v) is 6.46. The third-order valence-corrected chi connectivity index (χ3v) is 3.42. The molecule has 1 aliphatic rings. The molecule has 1 saturated heterocycles. The average molecular weight is 269 g/mol. The van der Waals surface area contributed by atoms with Crippen LogP contribution in [0.25, 0.3) is 0 Å². The van der Waals surface area contributed by atoms with Crippen molar-refractivity contribution in [3.05, 3.63) is 34.9 Å². The third-order valence-electron chi connectivity index (χ3n) is 3.17. The van der Waals surface area contributed by atoms with E-state index >= 15 is 0 Å². The Balaban J connectivity index is 1.93. The fourth-order valence-corrected chi connectivity index (χ4v) is 2.22. The lowest BCUT2D eigenvalue weighted by molar-refractivity contribution is 0.0615. The summed E-state index contributed by atoms with van der Waals surface area (Å²) in [5.41, 5.74) is 0.676. The number of carbonyl (C=O) groups is 1. The molecule has 0 bridgehead atoms. The summed E-state index contributed by atoms with van der Waals surface area (Å²) in [6.45, 7) is 3.91. The van der Waals surface area contributed by atoms with Gasteiger partial charge < -0.3 is 10.0 Å². The molecule has 0 spiro atoms. The van der Waals surface area contributed by atoms with Crippen LogP contribution in [0.2, 0.25) is 5.02 Å². The van der Waals surface area contributed by atoms with E-state index < -0.39 is 0 Å². The molecule has 1 heterocycles. The summed E-state index contributed by atoms with van der Waals surface area (Å²) in [7, 11) is 0. The van der Waals surface area contributed by atoms with Crippen LogP contribution in [0, 0.1) is 0 Å². The van der Waals surface area contributed by atoms with Crippen LogP contribution in [0.1, 0.15) is 10.4 Å². The summed E-state index contributed by atoms with van der Waals surface area (Å²) in [6, 6.07) is 6.98. The number of carbonyl (C=O) groups excluding carboxylic acids is 1. The summed E-state index contributed by atoms with van der Waals surface area (Å²) in [4.78, 5) is 16.2. The molecule has 1 fully saturated rings. The van der Waals surface area contributed by atoms with Gasteiger partial charge in [0.2, 0.25) is 0 Å². The molecule has 2 rings (SSSR count). The molecule has 0 saturated carbocycles. The van der Waals surface area contributed by atoms with Crippen molar-refractivity contribution in [1.82, 2.24) is 9.80 Å². The minimum Gasteiger partial charge on any atom is -0.395 e. The number of halogens is 1. The maximum atomic E-state index is 12.2. The number of benzene rings is 1. The highest BCUT2D eigenvalue weighted by molar-refractivity contribution is 6.30. The molecular weight excluding hydrogens is 252 g/mol. The van der Waals surface area contributed by atoms with Gasteiger partial charge >= 0.3 is 0 Å². The van der Waals surface area contributed by atoms with E-state index in [2.05, 4.69) is 4.90 Å². The van der Waals surface area contributed by atoms with E-state index in [0.717, 1.165) is 13.1 Å². The van der Waals surface area contributed by atoms with E-state index in [1.807, 2.05) is 4.90 Å². The molecule has 0 aliphatic carbocycles. The molecule has 0 atom stereocenters. The number of nitrogens with zero attached hydrogens (tertiary/aromatic N) is 2. The van der Waals surface area contributed by atoms with E-state index in [0.29, 0.717) is 30.2 Å². The number of β-amino-alcohol motifs (C(OH)–C–C–N with tert-alkyl or cyclic N) is 1. The number of aliphatic hydroxyl groups is 1. The van der Waals surface area contributed by atoms with Crippen LogP contribution in [-0.2, 0) is 0 Å². The maximum absolute atomic E-state index is 12.2. The predicted octanol–water partition coefficient (Wildman–Crippen LogP) is 1.09. The molecule has 1 amide bonds. The topological polar surface area (TPSA) is 43.8 Å². The molecule has 18 heavy (non-hydrogen) atoms. The molecule has 4 nitrogen and oxygen atoms in total. The Morgan fingerprint density at radius 1 is 1.17 bits per heavy atom. The number of aliphatic hydroxyl groups excluding tert-OH is 1. The van der Waals surface area contributed by atoms with E-state index in [1.54, 1.807) is 24.3 Å². The molecule has 5 heteroatoms. The van der Waals surface area contributed by atoms with Crippen LogP contribution in [0.15, 0.2) is 24.3 Å². The summed E-state index contributed by atoms with van der Waals surface area (Å²) in [6.07, 6.45) is 0. The Bertz CT molecular complexity index is 400. The van der Waals surface area contributed by atoms with Gasteiger partial charge in [-0.2, -0.15) is 0 Å². The largest absolute Gasteiger partial charge is 0.395 e. The number of rotatable bonds is 3. The van der Waals surface area contributed by atoms with Crippen molar-refractivity contribution >= 4 is 17.5 Å². The molecule has 98 valence electrons. The van der Waals surface area contributed by atoms with Gasteiger partial charge in [-0.05, 0) is 24.3 Å². The molecule has 1 N–H and O–H groups in total. The van der Waals surface area contributed by atoms with Crippen molar-refractivity contribution in [2.45, 2.75) is 0 Å². The van der Waals surface area contributed by atoms with Gasteiger partial charge in [-0.25, -0.2) is 0 Å². The maximum Gasteiger partial charge on any atom is 0.253 e. The molecule has 0 aromatic heterocycles. The lowest BCUT2D eigenvalue weighted by atomic mass is 10.2. The first kappa shape index (κ1) is 13.3. The highest BCUT2D eigenvalue weighted by Gasteiger charge is 2.21. The van der Waals surface area contributed by atoms with Gasteiger partial charge in [0.05, 0.1) is 6.61 Å². The van der Waals surface area contributed by atoms with Crippen LogP contribution in [-0.4, -0.2) is 60.1 Å². The van der Waals surface area contributed by atoms with Gasteiger partial charge in [0, 0.05) is 43.3 Å². The lowest BCUT2D eigenvalue weighted by Crippen LogP contribution is -2.49. The second-order valence-corrected chi connectivity index (χ2v) is 4.80. The summed E-state index contributed by atoms with van der Waals surface area (Å²) < 4.78 is 0. The normalized spacial score (nSPS) is 16.9. The number of hydrogen-bond donors (Lipinski definition) is 1. The standard InChI is InChI=1S/C13H17ClN2O2/c14-12-3-1-11(2-4-12)13(18)16-7-5-15(6-8-16)9-10-17/h1-4,17H,5-10H2. The molecule has 1 aliphatic heterocycles. The third kappa shape index (κ3) is 3.22. The second kappa shape index (κ2) is 6.18. The minimum atomic E-state index is 0.0512. The predicted molar refractivity (Wildman–Crippen MR) is 70.9 cm³/mol. The van der Waals surface area contributed by atoms with E-state index in [4.69, 9.17) is 16.7 Å². The van der Waals surface area contributed by atoms with E-state index in [1.165, 1.54) is 0 Å². The zero-order valence-electron chi connectivity index (χ0n) is 10.2. The van der Waals surface area contributed by atoms with Crippen LogP contribution in [0.5, 0.6) is 0 Å². The van der Waals surface area contributed by atoms with Crippen molar-refractivity contribution in [2.24, 2.45) is 0 Å². The van der Waals surface area contributed by atoms with Gasteiger partial charge in [-0.3, -0.25) is 9.69 Å². The molecule has 1 aromatic carbocycles. The Morgan fingerprint density at radius 2 is 1.78 bits per heavy atom. The van der Waals surface area contributed by atoms with Crippen molar-refractivity contribution in [3.8, 4) is 0 Å². The van der Waals surface area contributed by atoms with E-state index in [9.17, 15) is 4.79 Å². The molecule has 1 aromatic rings. The summed E-state index contributed by atoms with van der Waals surface area (Å²) in [5, 5.41) is 9.50. The zero-order chi connectivity index (χ0) is 13.0. The van der Waals surface area contributed by atoms with Crippen LogP contribution in [0.3, 0.4) is 0 Å². The van der Waals surface area contributed by atoms with Crippen LogP contribution < -0.4 is 0 Å². The van der Waals surface area contributed by atoms with Crippen molar-refractivity contribution < 1.29 is 9.90 Å². The van der Waals surface area contributed by atoms with Gasteiger partial charge in [0.15, 0.2) is 0 Å². The van der Waals surface area contributed by atoms with Gasteiger partial charge in [0.25, 0.3) is 5.91 Å². The Labute approximate surface area is 112 Å². The zero-order valence-corrected chi connectivity index (χ0v) is 10.9. The summed E-state index contributed by atoms with van der Waals surface area (Å²) >= 11 is 5.80. The van der Waals surface area contributed by atoms with Crippen molar-refractivity contribution in [3.63, 3.8) is 0 Å². The van der Waals surface area contributed by atoms with Crippen molar-refractivity contribution in [2.75, 3.05) is 39.3 Å². The minimum absolute atomic E-state index is 0.0512. The van der Waals surface area contributed by atoms with E-state index in [-0.39, 0.29) is 12.5 Å². The monoisotopic (exact) mass is 268 g/mol. The van der Waals surface area contributed by atoms with Gasteiger partial charge in [-0.1, -0.05) is 11.6 Å². The summed E-state index contributed by atoms with van der Waals surface area (Å²) in [5.74, 6) is 0.0512. The Hall–Kier alpha value is -1.10. The SMILES string of the molecule is O=C(c1ccc(Cl)cc1)N1CCN(CCO)CC1. The van der Waals surface area contributed by atoms with Gasteiger partial charge in [-0.15, -0.1) is 0 Å². The first-order chi connectivity index (χ1) is 8.70. The lowest BCUT2D eigenvalue weighted by Gasteiger charge is -2.34. The first-order valence-electron chi connectivity index (χ1n) is 6.09. The van der Waals surface area contributed by atoms with Crippen LogP contribution in [0.4, 0.5) is 0 Å².